The van der Waals surface area contributed by atoms with Crippen LogP contribution in [0.15, 0.2) is 18.2 Å². The molecule has 1 heterocycles. The summed E-state index contributed by atoms with van der Waals surface area (Å²) in [5.74, 6) is 1.39. The lowest BCUT2D eigenvalue weighted by Gasteiger charge is -2.24. The summed E-state index contributed by atoms with van der Waals surface area (Å²) in [6.45, 7) is 2.93. The predicted molar refractivity (Wildman–Crippen MR) is 66.0 cm³/mol. The van der Waals surface area contributed by atoms with Crippen molar-refractivity contribution in [2.24, 2.45) is 0 Å². The maximum atomic E-state index is 11.2. The highest BCUT2D eigenvalue weighted by molar-refractivity contribution is 5.68. The maximum absolute atomic E-state index is 11.2. The monoisotopic (exact) mass is 251 g/mol. The van der Waals surface area contributed by atoms with Crippen LogP contribution in [-0.4, -0.2) is 26.4 Å². The Kier molecular flexibility index (Phi) is 3.92. The summed E-state index contributed by atoms with van der Waals surface area (Å²) in [7, 11) is 1.60. The highest BCUT2D eigenvalue weighted by atomic mass is 16.6. The number of carbonyl (C=O) groups excluding carboxylic acids is 1. The van der Waals surface area contributed by atoms with Gasteiger partial charge in [0.05, 0.1) is 26.4 Å². The fourth-order valence-electron chi connectivity index (χ4n) is 1.95. The predicted octanol–water partition coefficient (Wildman–Crippen LogP) is 2.26. The van der Waals surface area contributed by atoms with E-state index in [1.165, 1.54) is 0 Å². The van der Waals surface area contributed by atoms with Gasteiger partial charge < -0.3 is 19.5 Å². The first-order chi connectivity index (χ1) is 8.74. The van der Waals surface area contributed by atoms with Gasteiger partial charge in [0.25, 0.3) is 0 Å². The van der Waals surface area contributed by atoms with Crippen LogP contribution in [0.4, 0.5) is 4.79 Å². The molecule has 1 fully saturated rings. The van der Waals surface area contributed by atoms with Crippen LogP contribution in [0.25, 0.3) is 0 Å². The molecule has 5 heteroatoms. The van der Waals surface area contributed by atoms with Crippen molar-refractivity contribution in [3.63, 3.8) is 0 Å². The molecule has 98 valence electrons. The fraction of sp³-hybridized carbons (Fsp3) is 0.462. The zero-order chi connectivity index (χ0) is 13.0. The Morgan fingerprint density at radius 1 is 1.44 bits per heavy atom. The minimum atomic E-state index is -0.375. The van der Waals surface area contributed by atoms with Crippen molar-refractivity contribution in [3.8, 4) is 11.5 Å². The van der Waals surface area contributed by atoms with Crippen molar-refractivity contribution in [2.45, 2.75) is 19.4 Å². The lowest BCUT2D eigenvalue weighted by Crippen LogP contribution is -2.35. The Labute approximate surface area is 106 Å². The summed E-state index contributed by atoms with van der Waals surface area (Å²) in [4.78, 5) is 11.2. The summed E-state index contributed by atoms with van der Waals surface area (Å²) in [6, 6.07) is 5.65. The molecule has 1 atom stereocenters. The number of hydrogen-bond donors (Lipinski definition) is 1. The molecule has 0 saturated carbocycles. The molecule has 1 saturated heterocycles. The third kappa shape index (κ3) is 2.67. The lowest BCUT2D eigenvalue weighted by atomic mass is 10.0. The second kappa shape index (κ2) is 5.62. The minimum Gasteiger partial charge on any atom is -0.493 e. The third-order valence-electron chi connectivity index (χ3n) is 2.82. The maximum Gasteiger partial charge on any atom is 0.407 e. The standard InChI is InChI=1S/C13H17NO4/c1-3-17-12-8-9(4-5-11(12)16-2)10-6-7-18-13(15)14-10/h4-5,8,10H,3,6-7H2,1-2H3,(H,14,15)/t10-/m0/s1. The zero-order valence-electron chi connectivity index (χ0n) is 10.6. The van der Waals surface area contributed by atoms with Crippen molar-refractivity contribution in [1.82, 2.24) is 5.32 Å². The molecule has 1 amide bonds. The molecule has 18 heavy (non-hydrogen) atoms. The highest BCUT2D eigenvalue weighted by Gasteiger charge is 2.21. The van der Waals surface area contributed by atoms with Gasteiger partial charge >= 0.3 is 6.09 Å². The van der Waals surface area contributed by atoms with E-state index >= 15 is 0 Å². The van der Waals surface area contributed by atoms with Gasteiger partial charge in [0.1, 0.15) is 0 Å². The normalized spacial score (nSPS) is 18.8. The van der Waals surface area contributed by atoms with Gasteiger partial charge in [-0.1, -0.05) is 6.07 Å². The molecular weight excluding hydrogens is 234 g/mol. The van der Waals surface area contributed by atoms with E-state index in [1.807, 2.05) is 25.1 Å². The minimum absolute atomic E-state index is 0.0311. The number of cyclic esters (lactones) is 1. The second-order valence-corrected chi connectivity index (χ2v) is 3.96. The first kappa shape index (κ1) is 12.5. The van der Waals surface area contributed by atoms with Crippen LogP contribution in [0, 0.1) is 0 Å². The number of nitrogens with one attached hydrogen (secondary N) is 1. The Morgan fingerprint density at radius 2 is 2.28 bits per heavy atom. The molecule has 5 nitrogen and oxygen atoms in total. The van der Waals surface area contributed by atoms with Gasteiger partial charge in [-0.25, -0.2) is 4.79 Å². The summed E-state index contributed by atoms with van der Waals surface area (Å²) >= 11 is 0. The van der Waals surface area contributed by atoms with Crippen molar-refractivity contribution in [2.75, 3.05) is 20.3 Å². The van der Waals surface area contributed by atoms with E-state index in [1.54, 1.807) is 7.11 Å². The SMILES string of the molecule is CCOc1cc([C@@H]2CCOC(=O)N2)ccc1OC. The van der Waals surface area contributed by atoms with Gasteiger partial charge in [-0.3, -0.25) is 0 Å². The quantitative estimate of drug-likeness (QED) is 0.891. The molecule has 1 aliphatic heterocycles. The Balaban J connectivity index is 2.22. The van der Waals surface area contributed by atoms with E-state index in [9.17, 15) is 4.79 Å². The number of amides is 1. The number of carbonyl (C=O) groups is 1. The summed E-state index contributed by atoms with van der Waals surface area (Å²) in [5, 5.41) is 2.78. The molecule has 0 unspecified atom stereocenters. The molecule has 0 spiro atoms. The number of ether oxygens (including phenoxy) is 3. The molecule has 1 aromatic carbocycles. The van der Waals surface area contributed by atoms with Gasteiger partial charge in [0.2, 0.25) is 0 Å². The largest absolute Gasteiger partial charge is 0.493 e. The third-order valence-corrected chi connectivity index (χ3v) is 2.82. The highest BCUT2D eigenvalue weighted by Crippen LogP contribution is 2.31. The first-order valence-corrected chi connectivity index (χ1v) is 5.98. The molecule has 2 rings (SSSR count). The Bertz CT molecular complexity index is 433. The number of alkyl carbamates (subject to hydrolysis) is 1. The number of hydrogen-bond acceptors (Lipinski definition) is 4. The van der Waals surface area contributed by atoms with E-state index in [4.69, 9.17) is 14.2 Å². The van der Waals surface area contributed by atoms with Crippen LogP contribution in [-0.2, 0) is 4.74 Å². The van der Waals surface area contributed by atoms with Gasteiger partial charge in [0.15, 0.2) is 11.5 Å². The van der Waals surface area contributed by atoms with Crippen molar-refractivity contribution >= 4 is 6.09 Å². The molecule has 0 bridgehead atoms. The van der Waals surface area contributed by atoms with Gasteiger partial charge in [0, 0.05) is 6.42 Å². The molecular formula is C13H17NO4. The van der Waals surface area contributed by atoms with Crippen molar-refractivity contribution in [3.05, 3.63) is 23.8 Å². The molecule has 1 N–H and O–H groups in total. The number of benzene rings is 1. The van der Waals surface area contributed by atoms with E-state index in [-0.39, 0.29) is 12.1 Å². The fourth-order valence-corrected chi connectivity index (χ4v) is 1.95. The Hall–Kier alpha value is -1.91. The summed E-state index contributed by atoms with van der Waals surface area (Å²) in [6.07, 6.45) is 0.379. The van der Waals surface area contributed by atoms with Crippen LogP contribution >= 0.6 is 0 Å². The Morgan fingerprint density at radius 3 is 2.94 bits per heavy atom. The number of rotatable bonds is 4. The van der Waals surface area contributed by atoms with Gasteiger partial charge in [-0.15, -0.1) is 0 Å². The van der Waals surface area contributed by atoms with Crippen LogP contribution in [0.1, 0.15) is 24.9 Å². The van der Waals surface area contributed by atoms with Crippen LogP contribution in [0.3, 0.4) is 0 Å². The average Bonchev–Trinajstić information content (AvgIpc) is 2.39. The van der Waals surface area contributed by atoms with Crippen LogP contribution in [0.5, 0.6) is 11.5 Å². The van der Waals surface area contributed by atoms with E-state index in [0.29, 0.717) is 24.7 Å². The van der Waals surface area contributed by atoms with Crippen molar-refractivity contribution in [1.29, 1.82) is 0 Å². The van der Waals surface area contributed by atoms with Gasteiger partial charge in [-0.05, 0) is 24.6 Å². The van der Waals surface area contributed by atoms with E-state index < -0.39 is 0 Å². The van der Waals surface area contributed by atoms with Crippen LogP contribution < -0.4 is 14.8 Å². The topological polar surface area (TPSA) is 56.8 Å². The number of methoxy groups -OCH3 is 1. The zero-order valence-corrected chi connectivity index (χ0v) is 10.6. The molecule has 0 radical (unpaired) electrons. The van der Waals surface area contributed by atoms with Gasteiger partial charge in [-0.2, -0.15) is 0 Å². The average molecular weight is 251 g/mol. The van der Waals surface area contributed by atoms with Crippen LogP contribution in [0.2, 0.25) is 0 Å². The van der Waals surface area contributed by atoms with E-state index in [2.05, 4.69) is 5.32 Å². The summed E-state index contributed by atoms with van der Waals surface area (Å²) < 4.78 is 15.6. The first-order valence-electron chi connectivity index (χ1n) is 5.98. The molecule has 0 aliphatic carbocycles. The smallest absolute Gasteiger partial charge is 0.407 e. The molecule has 1 aromatic rings. The molecule has 0 aromatic heterocycles. The second-order valence-electron chi connectivity index (χ2n) is 3.96. The summed E-state index contributed by atoms with van der Waals surface area (Å²) in [5.41, 5.74) is 0.996. The van der Waals surface area contributed by atoms with E-state index in [0.717, 1.165) is 12.0 Å². The molecule has 1 aliphatic rings. The van der Waals surface area contributed by atoms with Crippen molar-refractivity contribution < 1.29 is 19.0 Å². The lowest BCUT2D eigenvalue weighted by molar-refractivity contribution is 0.115.